The predicted molar refractivity (Wildman–Crippen MR) is 149 cm³/mol. The predicted octanol–water partition coefficient (Wildman–Crippen LogP) is 5.25. The normalized spacial score (nSPS) is 41.0. The third-order valence-electron chi connectivity index (χ3n) is 8.58. The summed E-state index contributed by atoms with van der Waals surface area (Å²) in [5.74, 6) is -1.49. The second-order valence-corrected chi connectivity index (χ2v) is 19.2. The van der Waals surface area contributed by atoms with Gasteiger partial charge in [-0.2, -0.15) is 0 Å². The summed E-state index contributed by atoms with van der Waals surface area (Å²) in [6.45, 7) is 17.0. The quantitative estimate of drug-likeness (QED) is 0.157. The first-order chi connectivity index (χ1) is 16.7. The van der Waals surface area contributed by atoms with Crippen molar-refractivity contribution < 1.29 is 33.3 Å². The maximum absolute atomic E-state index is 13.0. The van der Waals surface area contributed by atoms with E-state index in [4.69, 9.17) is 35.0 Å². The molecule has 10 atom stereocenters. The van der Waals surface area contributed by atoms with Crippen LogP contribution in [-0.4, -0.2) is 79.2 Å². The Labute approximate surface area is 235 Å². The number of rotatable bonds is 9. The number of carbonyl (C=O) groups excluding carboxylic acids is 1. The molecule has 0 aromatic heterocycles. The number of hydrogen-bond acceptors (Lipinski definition) is 7. The summed E-state index contributed by atoms with van der Waals surface area (Å²) in [5.41, 5.74) is 0. The van der Waals surface area contributed by atoms with Crippen molar-refractivity contribution in [2.45, 2.75) is 144 Å². The molecule has 0 saturated carbocycles. The summed E-state index contributed by atoms with van der Waals surface area (Å²) in [5, 5.41) is 11.2. The van der Waals surface area contributed by atoms with Gasteiger partial charge in [-0.25, -0.2) is 0 Å². The van der Waals surface area contributed by atoms with E-state index in [-0.39, 0.29) is 40.9 Å². The van der Waals surface area contributed by atoms with Crippen LogP contribution in [0.5, 0.6) is 0 Å². The lowest BCUT2D eigenvalue weighted by Gasteiger charge is -2.51. The van der Waals surface area contributed by atoms with Gasteiger partial charge >= 0.3 is 0 Å². The lowest BCUT2D eigenvalue weighted by atomic mass is 9.88. The summed E-state index contributed by atoms with van der Waals surface area (Å²) >= 11 is 8.50. The van der Waals surface area contributed by atoms with Crippen LogP contribution in [0.4, 0.5) is 0 Å². The van der Waals surface area contributed by atoms with Crippen molar-refractivity contribution in [3.8, 4) is 0 Å². The monoisotopic (exact) mass is 656 g/mol. The van der Waals surface area contributed by atoms with Gasteiger partial charge in [0.25, 0.3) is 0 Å². The summed E-state index contributed by atoms with van der Waals surface area (Å²) in [6, 6.07) is 0. The number of carbonyl (C=O) groups is 1. The number of ether oxygens (including phenoxy) is 4. The van der Waals surface area contributed by atoms with Gasteiger partial charge in [0.05, 0.1) is 12.2 Å². The van der Waals surface area contributed by atoms with Crippen LogP contribution in [0, 0.1) is 0 Å². The molecule has 4 heterocycles. The van der Waals surface area contributed by atoms with Crippen LogP contribution in [0.1, 0.15) is 66.2 Å². The number of ketones is 1. The molecule has 0 aromatic rings. The Balaban J connectivity index is 1.52. The molecule has 6 unspecified atom stereocenters. The third kappa shape index (κ3) is 5.65. The third-order valence-corrected chi connectivity index (χ3v) is 13.9. The molecule has 0 aromatic carbocycles. The Morgan fingerprint density at radius 3 is 2.53 bits per heavy atom. The Kier molecular flexibility index (Phi) is 8.79. The lowest BCUT2D eigenvalue weighted by Crippen LogP contribution is -2.64. The average Bonchev–Trinajstić information content (AvgIpc) is 3.45. The highest BCUT2D eigenvalue weighted by molar-refractivity contribution is 14.1. The molecule has 7 nitrogen and oxygen atoms in total. The first-order valence-electron chi connectivity index (χ1n) is 13.2. The summed E-state index contributed by atoms with van der Waals surface area (Å²) < 4.78 is 33.0. The number of halogens is 2. The Hall–Kier alpha value is 0.407. The van der Waals surface area contributed by atoms with E-state index in [0.29, 0.717) is 12.8 Å². The fourth-order valence-corrected chi connectivity index (χ4v) is 7.75. The summed E-state index contributed by atoms with van der Waals surface area (Å²) in [6.07, 6.45) is 0.245. The summed E-state index contributed by atoms with van der Waals surface area (Å²) in [7, 11) is -2.21. The SMILES string of the molecule is C=C(I)C[C@H](Cl)CCC(=O)[C@@H]1O[C@@]12OC1C(OC3CCC(CC)O[C@@H]3C1O[Si](C)(C)C(C)(C)C)C2O. The zero-order valence-corrected chi connectivity index (χ0v) is 26.2. The molecule has 4 saturated heterocycles. The maximum Gasteiger partial charge on any atom is 0.233 e. The second kappa shape index (κ2) is 10.8. The molecule has 1 spiro atoms. The Morgan fingerprint density at radius 1 is 1.22 bits per heavy atom. The average molecular weight is 657 g/mol. The minimum atomic E-state index is -2.21. The van der Waals surface area contributed by atoms with Crippen molar-refractivity contribution >= 4 is 48.3 Å². The van der Waals surface area contributed by atoms with Crippen LogP contribution < -0.4 is 0 Å². The first kappa shape index (κ1) is 29.4. The van der Waals surface area contributed by atoms with Crippen molar-refractivity contribution in [3.05, 3.63) is 10.2 Å². The molecule has 0 aliphatic carbocycles. The van der Waals surface area contributed by atoms with Crippen molar-refractivity contribution in [1.82, 2.24) is 0 Å². The van der Waals surface area contributed by atoms with Gasteiger partial charge in [0.1, 0.15) is 30.5 Å². The first-order valence-corrected chi connectivity index (χ1v) is 17.6. The maximum atomic E-state index is 13.0. The molecule has 206 valence electrons. The molecule has 4 fully saturated rings. The van der Waals surface area contributed by atoms with Crippen molar-refractivity contribution in [3.63, 3.8) is 0 Å². The van der Waals surface area contributed by atoms with E-state index in [2.05, 4.69) is 70.0 Å². The van der Waals surface area contributed by atoms with Crippen LogP contribution >= 0.6 is 34.2 Å². The molecular formula is C26H42ClIO7Si. The molecule has 0 bridgehead atoms. The van der Waals surface area contributed by atoms with Gasteiger partial charge in [0.2, 0.25) is 5.79 Å². The molecular weight excluding hydrogens is 615 g/mol. The van der Waals surface area contributed by atoms with Gasteiger partial charge in [0.15, 0.2) is 20.2 Å². The van der Waals surface area contributed by atoms with Gasteiger partial charge in [-0.1, -0.05) is 34.3 Å². The molecule has 4 aliphatic rings. The van der Waals surface area contributed by atoms with E-state index in [9.17, 15) is 9.90 Å². The van der Waals surface area contributed by atoms with Crippen LogP contribution in [0.15, 0.2) is 10.2 Å². The molecule has 1 N–H and O–H groups in total. The van der Waals surface area contributed by atoms with E-state index < -0.39 is 44.6 Å². The minimum Gasteiger partial charge on any atom is -0.408 e. The van der Waals surface area contributed by atoms with E-state index in [1.165, 1.54) is 0 Å². The van der Waals surface area contributed by atoms with Crippen LogP contribution in [0.3, 0.4) is 0 Å². The Morgan fingerprint density at radius 2 is 1.92 bits per heavy atom. The smallest absolute Gasteiger partial charge is 0.233 e. The lowest BCUT2D eigenvalue weighted by molar-refractivity contribution is -0.256. The number of hydrogen-bond donors (Lipinski definition) is 1. The standard InChI is InChI=1S/C26H42ClIO7Si/c1-8-16-10-12-18-19(31-16)21(35-36(6,7)25(3,4)5)20-22(32-18)23(30)26(33-20)24(34-26)17(29)11-9-15(27)13-14(2)28/h15-16,18-24,30H,2,8-13H2,1,3-7H3/t15-,16?,18?,19+,20?,21?,22?,23?,24+,26-/m1/s1. The Bertz CT molecular complexity index is 851. The highest BCUT2D eigenvalue weighted by Crippen LogP contribution is 2.54. The van der Waals surface area contributed by atoms with E-state index in [0.717, 1.165) is 22.8 Å². The number of aliphatic hydroxyl groups is 1. The number of Topliss-reactive ketones (excluding diaryl/α,β-unsaturated/α-hetero) is 1. The fraction of sp³-hybridized carbons (Fsp3) is 0.885. The largest absolute Gasteiger partial charge is 0.408 e. The van der Waals surface area contributed by atoms with Gasteiger partial charge in [-0.05, 0) is 76.4 Å². The van der Waals surface area contributed by atoms with Crippen LogP contribution in [-0.2, 0) is 28.2 Å². The van der Waals surface area contributed by atoms with Crippen molar-refractivity contribution in [2.75, 3.05) is 0 Å². The van der Waals surface area contributed by atoms with Crippen molar-refractivity contribution in [1.29, 1.82) is 0 Å². The molecule has 0 amide bonds. The zero-order chi connectivity index (χ0) is 26.6. The van der Waals surface area contributed by atoms with E-state index in [1.807, 2.05) is 0 Å². The van der Waals surface area contributed by atoms with Gasteiger partial charge < -0.3 is 28.5 Å². The molecule has 4 aliphatic heterocycles. The number of epoxide rings is 1. The van der Waals surface area contributed by atoms with E-state index in [1.54, 1.807) is 0 Å². The van der Waals surface area contributed by atoms with E-state index >= 15 is 0 Å². The second-order valence-electron chi connectivity index (χ2n) is 12.3. The minimum absolute atomic E-state index is 0.0139. The zero-order valence-electron chi connectivity index (χ0n) is 22.3. The van der Waals surface area contributed by atoms with Gasteiger partial charge in [0, 0.05) is 11.8 Å². The topological polar surface area (TPSA) is 86.8 Å². The number of alkyl halides is 1. The van der Waals surface area contributed by atoms with Gasteiger partial charge in [-0.3, -0.25) is 4.79 Å². The fourth-order valence-electron chi connectivity index (χ4n) is 5.36. The highest BCUT2D eigenvalue weighted by atomic mass is 127. The number of fused-ring (bicyclic) bond motifs is 2. The van der Waals surface area contributed by atoms with Gasteiger partial charge in [-0.15, -0.1) is 11.6 Å². The number of aliphatic hydroxyl groups excluding tert-OH is 1. The number of allylic oxidation sites excluding steroid dienone is 1. The molecule has 10 heteroatoms. The molecule has 4 rings (SSSR count). The highest BCUT2D eigenvalue weighted by Gasteiger charge is 2.76. The van der Waals surface area contributed by atoms with Crippen molar-refractivity contribution in [2.24, 2.45) is 0 Å². The summed E-state index contributed by atoms with van der Waals surface area (Å²) in [4.78, 5) is 13.0. The van der Waals surface area contributed by atoms with Crippen LogP contribution in [0.2, 0.25) is 18.1 Å². The molecule has 36 heavy (non-hydrogen) atoms. The van der Waals surface area contributed by atoms with Crippen LogP contribution in [0.25, 0.3) is 0 Å². The molecule has 0 radical (unpaired) electrons.